The van der Waals surface area contributed by atoms with Crippen molar-refractivity contribution in [1.29, 1.82) is 0 Å². The Bertz CT molecular complexity index is 413. The quantitative estimate of drug-likeness (QED) is 0.307. The minimum absolute atomic E-state index is 0.0198. The van der Waals surface area contributed by atoms with Crippen LogP contribution < -0.4 is 16.6 Å². The molecule has 2 saturated carbocycles. The summed E-state index contributed by atoms with van der Waals surface area (Å²) in [5, 5.41) is 2.87. The monoisotopic (exact) mass is 309 g/mol. The summed E-state index contributed by atoms with van der Waals surface area (Å²) in [6, 6.07) is -0.724. The number of nitrogens with one attached hydrogen (secondary N) is 2. The van der Waals surface area contributed by atoms with Gasteiger partial charge < -0.3 is 5.32 Å². The normalized spacial score (nSPS) is 21.9. The highest BCUT2D eigenvalue weighted by molar-refractivity contribution is 6.38. The topological polar surface area (TPSA) is 101 Å². The molecule has 2 rings (SSSR count). The first kappa shape index (κ1) is 16.9. The van der Waals surface area contributed by atoms with E-state index in [0.29, 0.717) is 0 Å². The van der Waals surface area contributed by atoms with Crippen LogP contribution in [0.15, 0.2) is 0 Å². The van der Waals surface area contributed by atoms with E-state index in [-0.39, 0.29) is 17.7 Å². The largest absolute Gasteiger partial charge is 0.345 e. The van der Waals surface area contributed by atoms with Crippen LogP contribution >= 0.6 is 0 Å². The van der Waals surface area contributed by atoms with Crippen LogP contribution in [0.3, 0.4) is 0 Å². The van der Waals surface area contributed by atoms with E-state index in [1.807, 2.05) is 5.43 Å². The first-order chi connectivity index (χ1) is 10.6. The zero-order valence-electron chi connectivity index (χ0n) is 13.1. The Hall–Kier alpha value is -1.43. The average Bonchev–Trinajstić information content (AvgIpc) is 2.59. The minimum atomic E-state index is -0.820. The number of hydrogen-bond donors (Lipinski definition) is 3. The maximum Gasteiger partial charge on any atom is 0.303 e. The molecular weight excluding hydrogens is 282 g/mol. The van der Waals surface area contributed by atoms with Crippen molar-refractivity contribution >= 4 is 17.6 Å². The van der Waals surface area contributed by atoms with Gasteiger partial charge in [-0.25, -0.2) is 5.84 Å². The maximum absolute atomic E-state index is 12.4. The summed E-state index contributed by atoms with van der Waals surface area (Å²) in [7, 11) is 0. The number of hydrogen-bond acceptors (Lipinski definition) is 4. The number of hydrazine groups is 1. The zero-order valence-corrected chi connectivity index (χ0v) is 13.1. The Labute approximate surface area is 131 Å². The van der Waals surface area contributed by atoms with Crippen molar-refractivity contribution in [2.24, 2.45) is 17.7 Å². The van der Waals surface area contributed by atoms with E-state index in [4.69, 9.17) is 5.84 Å². The summed E-state index contributed by atoms with van der Waals surface area (Å²) >= 11 is 0. The standard InChI is InChI=1S/C16H27N3O3/c17-19-16(22)14(20)13(11-7-3-1-4-8-11)18-15(21)12-9-5-2-6-10-12/h11-13H,1-10,17H2,(H,18,21)(H,19,22). The second-order valence-corrected chi connectivity index (χ2v) is 6.56. The van der Waals surface area contributed by atoms with Gasteiger partial charge in [-0.3, -0.25) is 19.8 Å². The van der Waals surface area contributed by atoms with Crippen LogP contribution in [0.5, 0.6) is 0 Å². The van der Waals surface area contributed by atoms with Gasteiger partial charge in [-0.05, 0) is 31.6 Å². The Morgan fingerprint density at radius 2 is 1.41 bits per heavy atom. The molecule has 6 heteroatoms. The molecule has 6 nitrogen and oxygen atoms in total. The van der Waals surface area contributed by atoms with Crippen LogP contribution in [0.1, 0.15) is 64.2 Å². The van der Waals surface area contributed by atoms with Gasteiger partial charge in [-0.1, -0.05) is 38.5 Å². The van der Waals surface area contributed by atoms with Crippen molar-refractivity contribution in [2.75, 3.05) is 0 Å². The summed E-state index contributed by atoms with van der Waals surface area (Å²) in [6.07, 6.45) is 10.0. The van der Waals surface area contributed by atoms with Crippen LogP contribution in [-0.2, 0) is 14.4 Å². The average molecular weight is 309 g/mol. The number of nitrogens with two attached hydrogens (primary N) is 1. The molecule has 124 valence electrons. The molecule has 2 fully saturated rings. The molecule has 1 unspecified atom stereocenters. The fourth-order valence-corrected chi connectivity index (χ4v) is 3.71. The van der Waals surface area contributed by atoms with Crippen LogP contribution in [0, 0.1) is 11.8 Å². The van der Waals surface area contributed by atoms with Crippen molar-refractivity contribution in [3.8, 4) is 0 Å². The first-order valence-electron chi connectivity index (χ1n) is 8.48. The number of carbonyl (C=O) groups is 3. The van der Waals surface area contributed by atoms with Gasteiger partial charge >= 0.3 is 5.91 Å². The van der Waals surface area contributed by atoms with Crippen LogP contribution in [0.2, 0.25) is 0 Å². The van der Waals surface area contributed by atoms with Crippen molar-refractivity contribution in [3.05, 3.63) is 0 Å². The molecule has 4 N–H and O–H groups in total. The maximum atomic E-state index is 12.4. The Balaban J connectivity index is 2.03. The molecule has 0 aliphatic heterocycles. The molecule has 0 heterocycles. The molecule has 2 aliphatic rings. The number of amides is 2. The third kappa shape index (κ3) is 4.29. The minimum Gasteiger partial charge on any atom is -0.345 e. The lowest BCUT2D eigenvalue weighted by molar-refractivity contribution is -0.141. The molecule has 0 spiro atoms. The number of rotatable bonds is 5. The van der Waals surface area contributed by atoms with Crippen LogP contribution in [0.4, 0.5) is 0 Å². The molecular formula is C16H27N3O3. The summed E-state index contributed by atoms with van der Waals surface area (Å²) in [4.78, 5) is 36.3. The van der Waals surface area contributed by atoms with Crippen molar-refractivity contribution in [2.45, 2.75) is 70.3 Å². The number of carbonyl (C=O) groups excluding carboxylic acids is 3. The van der Waals surface area contributed by atoms with E-state index in [9.17, 15) is 14.4 Å². The van der Waals surface area contributed by atoms with E-state index in [0.717, 1.165) is 57.8 Å². The second-order valence-electron chi connectivity index (χ2n) is 6.56. The lowest BCUT2D eigenvalue weighted by Crippen LogP contribution is -2.54. The Kier molecular flexibility index (Phi) is 6.36. The second kappa shape index (κ2) is 8.27. The van der Waals surface area contributed by atoms with Crippen molar-refractivity contribution in [3.63, 3.8) is 0 Å². The molecule has 0 aromatic carbocycles. The summed E-state index contributed by atoms with van der Waals surface area (Å²) in [5.41, 5.74) is 1.90. The Morgan fingerprint density at radius 3 is 1.95 bits per heavy atom. The van der Waals surface area contributed by atoms with E-state index >= 15 is 0 Å². The van der Waals surface area contributed by atoms with Crippen molar-refractivity contribution in [1.82, 2.24) is 10.7 Å². The van der Waals surface area contributed by atoms with E-state index < -0.39 is 17.7 Å². The van der Waals surface area contributed by atoms with E-state index in [1.165, 1.54) is 6.42 Å². The van der Waals surface area contributed by atoms with Gasteiger partial charge in [-0.2, -0.15) is 0 Å². The van der Waals surface area contributed by atoms with Gasteiger partial charge in [-0.15, -0.1) is 0 Å². The van der Waals surface area contributed by atoms with E-state index in [2.05, 4.69) is 5.32 Å². The highest BCUT2D eigenvalue weighted by Crippen LogP contribution is 2.28. The fourth-order valence-electron chi connectivity index (χ4n) is 3.71. The molecule has 0 aromatic rings. The lowest BCUT2D eigenvalue weighted by Gasteiger charge is -2.31. The smallest absolute Gasteiger partial charge is 0.303 e. The fraction of sp³-hybridized carbons (Fsp3) is 0.812. The third-order valence-corrected chi connectivity index (χ3v) is 5.03. The zero-order chi connectivity index (χ0) is 15.9. The van der Waals surface area contributed by atoms with Crippen LogP contribution in [0.25, 0.3) is 0 Å². The number of Topliss-reactive ketones (excluding diaryl/α,β-unsaturated/α-hetero) is 1. The summed E-state index contributed by atoms with van der Waals surface area (Å²) in [5.74, 6) is 3.60. The molecule has 2 aliphatic carbocycles. The van der Waals surface area contributed by atoms with E-state index in [1.54, 1.807) is 0 Å². The predicted molar refractivity (Wildman–Crippen MR) is 82.4 cm³/mol. The van der Waals surface area contributed by atoms with Gasteiger partial charge in [0.2, 0.25) is 11.7 Å². The predicted octanol–water partition coefficient (Wildman–Crippen LogP) is 1.19. The molecule has 0 saturated heterocycles. The third-order valence-electron chi connectivity index (χ3n) is 5.03. The highest BCUT2D eigenvalue weighted by Gasteiger charge is 2.35. The SMILES string of the molecule is NNC(=O)C(=O)C(NC(=O)C1CCCCC1)C1CCCCC1. The summed E-state index contributed by atoms with van der Waals surface area (Å²) in [6.45, 7) is 0. The van der Waals surface area contributed by atoms with Crippen molar-refractivity contribution < 1.29 is 14.4 Å². The first-order valence-corrected chi connectivity index (χ1v) is 8.48. The molecule has 0 radical (unpaired) electrons. The van der Waals surface area contributed by atoms with Gasteiger partial charge in [0.15, 0.2) is 0 Å². The highest BCUT2D eigenvalue weighted by atomic mass is 16.2. The molecule has 22 heavy (non-hydrogen) atoms. The summed E-state index contributed by atoms with van der Waals surface area (Å²) < 4.78 is 0. The molecule has 0 aromatic heterocycles. The lowest BCUT2D eigenvalue weighted by atomic mass is 9.81. The van der Waals surface area contributed by atoms with Gasteiger partial charge in [0, 0.05) is 5.92 Å². The Morgan fingerprint density at radius 1 is 0.864 bits per heavy atom. The number of ketones is 1. The molecule has 0 bridgehead atoms. The molecule has 2 amide bonds. The molecule has 1 atom stereocenters. The van der Waals surface area contributed by atoms with Gasteiger partial charge in [0.05, 0.1) is 0 Å². The van der Waals surface area contributed by atoms with Gasteiger partial charge in [0.25, 0.3) is 0 Å². The van der Waals surface area contributed by atoms with Gasteiger partial charge in [0.1, 0.15) is 6.04 Å². The van der Waals surface area contributed by atoms with Crippen LogP contribution in [-0.4, -0.2) is 23.6 Å².